The molecule has 3 unspecified atom stereocenters. The van der Waals surface area contributed by atoms with E-state index in [4.69, 9.17) is 5.73 Å². The first-order valence-corrected chi connectivity index (χ1v) is 7.79. The Kier molecular flexibility index (Phi) is 4.01. The van der Waals surface area contributed by atoms with Crippen molar-refractivity contribution in [2.45, 2.75) is 38.6 Å². The van der Waals surface area contributed by atoms with Crippen molar-refractivity contribution in [1.29, 1.82) is 0 Å². The molecule has 1 saturated carbocycles. The fourth-order valence-electron chi connectivity index (χ4n) is 3.46. The molecule has 2 N–H and O–H groups in total. The topological polar surface area (TPSA) is 73.8 Å². The zero-order valence-electron chi connectivity index (χ0n) is 12.4. The Morgan fingerprint density at radius 1 is 1.33 bits per heavy atom. The van der Waals surface area contributed by atoms with Gasteiger partial charge in [0.25, 0.3) is 5.56 Å². The summed E-state index contributed by atoms with van der Waals surface area (Å²) in [5.41, 5.74) is 6.53. The maximum Gasteiger partial charge on any atom is 0.277 e. The van der Waals surface area contributed by atoms with Crippen molar-refractivity contribution in [1.82, 2.24) is 15.0 Å². The number of benzene rings is 1. The SMILES string of the molecule is CCC1CCC(CN)C(n2nnc3ccccc3c2=O)C1. The Morgan fingerprint density at radius 3 is 2.90 bits per heavy atom. The lowest BCUT2D eigenvalue weighted by Gasteiger charge is -2.35. The molecule has 1 aromatic carbocycles. The minimum atomic E-state index is -0.0409. The van der Waals surface area contributed by atoms with Gasteiger partial charge in [-0.25, -0.2) is 4.68 Å². The van der Waals surface area contributed by atoms with E-state index in [0.717, 1.165) is 19.3 Å². The van der Waals surface area contributed by atoms with Gasteiger partial charge in [-0.1, -0.05) is 30.7 Å². The van der Waals surface area contributed by atoms with Gasteiger partial charge in [-0.3, -0.25) is 4.79 Å². The van der Waals surface area contributed by atoms with Crippen molar-refractivity contribution < 1.29 is 0 Å². The quantitative estimate of drug-likeness (QED) is 0.938. The molecule has 112 valence electrons. The van der Waals surface area contributed by atoms with Crippen LogP contribution in [0.25, 0.3) is 10.9 Å². The Bertz CT molecular complexity index is 681. The van der Waals surface area contributed by atoms with Crippen LogP contribution in [0.5, 0.6) is 0 Å². The molecular formula is C16H22N4O. The van der Waals surface area contributed by atoms with Crippen LogP contribution in [0.2, 0.25) is 0 Å². The van der Waals surface area contributed by atoms with Crippen LogP contribution in [0.3, 0.4) is 0 Å². The lowest BCUT2D eigenvalue weighted by molar-refractivity contribution is 0.165. The lowest BCUT2D eigenvalue weighted by atomic mass is 9.77. The predicted molar refractivity (Wildman–Crippen MR) is 83.0 cm³/mol. The molecule has 0 spiro atoms. The van der Waals surface area contributed by atoms with Gasteiger partial charge >= 0.3 is 0 Å². The molecule has 1 aliphatic carbocycles. The molecule has 3 atom stereocenters. The Hall–Kier alpha value is -1.75. The third-order valence-corrected chi connectivity index (χ3v) is 4.85. The van der Waals surface area contributed by atoms with Gasteiger partial charge in [-0.2, -0.15) is 0 Å². The monoisotopic (exact) mass is 286 g/mol. The molecule has 1 fully saturated rings. The van der Waals surface area contributed by atoms with E-state index in [1.165, 1.54) is 6.42 Å². The van der Waals surface area contributed by atoms with E-state index in [1.54, 1.807) is 4.68 Å². The normalized spacial score (nSPS) is 26.1. The summed E-state index contributed by atoms with van der Waals surface area (Å²) in [7, 11) is 0. The second kappa shape index (κ2) is 5.93. The van der Waals surface area contributed by atoms with Crippen LogP contribution in [0.4, 0.5) is 0 Å². The molecule has 1 aliphatic rings. The molecule has 0 radical (unpaired) electrons. The summed E-state index contributed by atoms with van der Waals surface area (Å²) in [4.78, 5) is 12.7. The number of hydrogen-bond donors (Lipinski definition) is 1. The van der Waals surface area contributed by atoms with Gasteiger partial charge in [0.2, 0.25) is 0 Å². The molecule has 5 nitrogen and oxygen atoms in total. The van der Waals surface area contributed by atoms with Gasteiger partial charge in [-0.15, -0.1) is 5.10 Å². The molecule has 3 rings (SSSR count). The molecule has 0 bridgehead atoms. The number of hydrogen-bond acceptors (Lipinski definition) is 4. The van der Waals surface area contributed by atoms with Gasteiger partial charge < -0.3 is 5.73 Å². The van der Waals surface area contributed by atoms with Crippen molar-refractivity contribution in [2.24, 2.45) is 17.6 Å². The van der Waals surface area contributed by atoms with Gasteiger partial charge in [0, 0.05) is 0 Å². The largest absolute Gasteiger partial charge is 0.330 e. The molecule has 1 aromatic heterocycles. The summed E-state index contributed by atoms with van der Waals surface area (Å²) < 4.78 is 1.58. The number of aromatic nitrogens is 3. The number of nitrogens with zero attached hydrogens (tertiary/aromatic N) is 3. The number of rotatable bonds is 3. The van der Waals surface area contributed by atoms with E-state index in [-0.39, 0.29) is 11.6 Å². The van der Waals surface area contributed by atoms with Gasteiger partial charge in [0.15, 0.2) is 0 Å². The van der Waals surface area contributed by atoms with Crippen molar-refractivity contribution >= 4 is 10.9 Å². The van der Waals surface area contributed by atoms with Crippen molar-refractivity contribution in [3.05, 3.63) is 34.6 Å². The van der Waals surface area contributed by atoms with Crippen LogP contribution in [-0.2, 0) is 0 Å². The van der Waals surface area contributed by atoms with E-state index in [2.05, 4.69) is 17.2 Å². The zero-order chi connectivity index (χ0) is 14.8. The molecule has 0 saturated heterocycles. The third-order valence-electron chi connectivity index (χ3n) is 4.85. The molecule has 2 aromatic rings. The van der Waals surface area contributed by atoms with Crippen LogP contribution < -0.4 is 11.3 Å². The molecule has 5 heteroatoms. The highest BCUT2D eigenvalue weighted by atomic mass is 16.1. The van der Waals surface area contributed by atoms with Gasteiger partial charge in [0.05, 0.1) is 11.4 Å². The van der Waals surface area contributed by atoms with Crippen molar-refractivity contribution in [2.75, 3.05) is 6.54 Å². The molecular weight excluding hydrogens is 264 g/mol. The summed E-state index contributed by atoms with van der Waals surface area (Å²) in [5.74, 6) is 0.971. The highest BCUT2D eigenvalue weighted by Crippen LogP contribution is 2.37. The summed E-state index contributed by atoms with van der Waals surface area (Å²) in [6, 6.07) is 7.46. The first-order valence-electron chi connectivity index (χ1n) is 7.79. The summed E-state index contributed by atoms with van der Waals surface area (Å²) in [5, 5.41) is 9.05. The third kappa shape index (κ3) is 2.58. The van der Waals surface area contributed by atoms with Gasteiger partial charge in [-0.05, 0) is 49.8 Å². The smallest absolute Gasteiger partial charge is 0.277 e. The second-order valence-electron chi connectivity index (χ2n) is 6.01. The Labute approximate surface area is 124 Å². The summed E-state index contributed by atoms with van der Waals surface area (Å²) >= 11 is 0. The minimum Gasteiger partial charge on any atom is -0.330 e. The fraction of sp³-hybridized carbons (Fsp3) is 0.562. The van der Waals surface area contributed by atoms with Crippen molar-refractivity contribution in [3.8, 4) is 0 Å². The highest BCUT2D eigenvalue weighted by molar-refractivity contribution is 5.76. The average molecular weight is 286 g/mol. The van der Waals surface area contributed by atoms with E-state index in [1.807, 2.05) is 24.3 Å². The van der Waals surface area contributed by atoms with Gasteiger partial charge in [0.1, 0.15) is 5.52 Å². The predicted octanol–water partition coefficient (Wildman–Crippen LogP) is 2.12. The van der Waals surface area contributed by atoms with Crippen molar-refractivity contribution in [3.63, 3.8) is 0 Å². The Morgan fingerprint density at radius 2 is 2.14 bits per heavy atom. The summed E-state index contributed by atoms with van der Waals surface area (Å²) in [6.45, 7) is 2.81. The molecule has 0 amide bonds. The van der Waals surface area contributed by atoms with Crippen LogP contribution in [0.15, 0.2) is 29.1 Å². The van der Waals surface area contributed by atoms with Crippen LogP contribution in [0.1, 0.15) is 38.6 Å². The minimum absolute atomic E-state index is 0.0409. The highest BCUT2D eigenvalue weighted by Gasteiger charge is 2.32. The lowest BCUT2D eigenvalue weighted by Crippen LogP contribution is -2.39. The maximum absolute atomic E-state index is 12.7. The molecule has 0 aliphatic heterocycles. The summed E-state index contributed by atoms with van der Waals surface area (Å²) in [6.07, 6.45) is 4.39. The fourth-order valence-corrected chi connectivity index (χ4v) is 3.46. The first kappa shape index (κ1) is 14.2. The number of fused-ring (bicyclic) bond motifs is 1. The molecule has 1 heterocycles. The standard InChI is InChI=1S/C16H22N4O/c1-2-11-7-8-12(10-17)15(9-11)20-16(21)13-5-3-4-6-14(13)18-19-20/h3-6,11-12,15H,2,7-10,17H2,1H3. The van der Waals surface area contributed by atoms with Crippen LogP contribution in [-0.4, -0.2) is 21.5 Å². The van der Waals surface area contributed by atoms with E-state index >= 15 is 0 Å². The number of nitrogens with two attached hydrogens (primary N) is 1. The molecule has 21 heavy (non-hydrogen) atoms. The maximum atomic E-state index is 12.7. The average Bonchev–Trinajstić information content (AvgIpc) is 2.55. The van der Waals surface area contributed by atoms with Crippen LogP contribution in [0, 0.1) is 11.8 Å². The Balaban J connectivity index is 2.05. The first-order chi connectivity index (χ1) is 10.2. The van der Waals surface area contributed by atoms with E-state index in [0.29, 0.717) is 29.3 Å². The zero-order valence-corrected chi connectivity index (χ0v) is 12.4. The van der Waals surface area contributed by atoms with E-state index < -0.39 is 0 Å². The second-order valence-corrected chi connectivity index (χ2v) is 6.01. The van der Waals surface area contributed by atoms with E-state index in [9.17, 15) is 4.79 Å². The van der Waals surface area contributed by atoms with Crippen LogP contribution >= 0.6 is 0 Å².